The summed E-state index contributed by atoms with van der Waals surface area (Å²) in [5, 5.41) is 6.91. The van der Waals surface area contributed by atoms with E-state index in [-0.39, 0.29) is 35.9 Å². The van der Waals surface area contributed by atoms with Crippen LogP contribution in [0.25, 0.3) is 6.08 Å². The fourth-order valence-corrected chi connectivity index (χ4v) is 6.53. The second kappa shape index (κ2) is 10.2. The number of aromatic amines is 1. The largest absolute Gasteiger partial charge is 0.378 e. The monoisotopic (exact) mass is 495 g/mol. The number of likely N-dealkylation sites (tertiary alicyclic amines) is 1. The summed E-state index contributed by atoms with van der Waals surface area (Å²) in [5.74, 6) is 0.0998. The SMILES string of the molecule is O=C(/C=C/c1c[nH]cn1)N[C@@H]1CCCC[C@@H]1C(=O)N1CC[C@@H]2[C@H](c3ccccc3)Nc3ccccc3[C@@H]21. The van der Waals surface area contributed by atoms with E-state index >= 15 is 0 Å². The summed E-state index contributed by atoms with van der Waals surface area (Å²) in [6.07, 6.45) is 11.1. The first kappa shape index (κ1) is 23.5. The molecule has 5 atom stereocenters. The Hall–Kier alpha value is -3.87. The first-order valence-electron chi connectivity index (χ1n) is 13.4. The number of hydrogen-bond acceptors (Lipinski definition) is 4. The van der Waals surface area contributed by atoms with Crippen molar-refractivity contribution in [3.63, 3.8) is 0 Å². The maximum Gasteiger partial charge on any atom is 0.244 e. The van der Waals surface area contributed by atoms with E-state index in [0.29, 0.717) is 11.6 Å². The van der Waals surface area contributed by atoms with E-state index in [2.05, 4.69) is 74.0 Å². The molecule has 0 bridgehead atoms. The zero-order valence-corrected chi connectivity index (χ0v) is 20.8. The first-order valence-corrected chi connectivity index (χ1v) is 13.4. The number of benzene rings is 2. The maximum absolute atomic E-state index is 14.2. The minimum atomic E-state index is -0.201. The number of carbonyl (C=O) groups is 2. The number of amides is 2. The number of para-hydroxylation sites is 1. The van der Waals surface area contributed by atoms with Crippen LogP contribution in [-0.4, -0.2) is 39.3 Å². The normalized spacial score (nSPS) is 26.8. The molecule has 37 heavy (non-hydrogen) atoms. The van der Waals surface area contributed by atoms with Crippen LogP contribution < -0.4 is 10.6 Å². The van der Waals surface area contributed by atoms with Crippen LogP contribution >= 0.6 is 0 Å². The van der Waals surface area contributed by atoms with Gasteiger partial charge in [-0.25, -0.2) is 4.98 Å². The van der Waals surface area contributed by atoms with Crippen molar-refractivity contribution >= 4 is 23.6 Å². The van der Waals surface area contributed by atoms with E-state index in [4.69, 9.17) is 0 Å². The average molecular weight is 496 g/mol. The molecule has 6 rings (SSSR count). The molecule has 7 nitrogen and oxygen atoms in total. The molecule has 2 aliphatic heterocycles. The van der Waals surface area contributed by atoms with E-state index < -0.39 is 0 Å². The van der Waals surface area contributed by atoms with Gasteiger partial charge in [0, 0.05) is 36.5 Å². The predicted molar refractivity (Wildman–Crippen MR) is 143 cm³/mol. The van der Waals surface area contributed by atoms with Crippen LogP contribution in [0.5, 0.6) is 0 Å². The first-order chi connectivity index (χ1) is 18.2. The Bertz CT molecular complexity index is 1270. The zero-order chi connectivity index (χ0) is 25.2. The van der Waals surface area contributed by atoms with Crippen LogP contribution in [0.1, 0.15) is 61.0 Å². The van der Waals surface area contributed by atoms with Crippen molar-refractivity contribution < 1.29 is 9.59 Å². The Balaban J connectivity index is 1.24. The van der Waals surface area contributed by atoms with Gasteiger partial charge in [0.1, 0.15) is 0 Å². The van der Waals surface area contributed by atoms with Crippen LogP contribution in [0.15, 0.2) is 73.2 Å². The zero-order valence-electron chi connectivity index (χ0n) is 20.8. The lowest BCUT2D eigenvalue weighted by Crippen LogP contribution is -2.49. The number of hydrogen-bond donors (Lipinski definition) is 3. The quantitative estimate of drug-likeness (QED) is 0.441. The molecule has 3 N–H and O–H groups in total. The summed E-state index contributed by atoms with van der Waals surface area (Å²) < 4.78 is 0. The summed E-state index contributed by atoms with van der Waals surface area (Å²) >= 11 is 0. The van der Waals surface area contributed by atoms with E-state index in [0.717, 1.165) is 44.3 Å². The number of fused-ring (bicyclic) bond motifs is 3. The van der Waals surface area contributed by atoms with Crippen LogP contribution in [0.2, 0.25) is 0 Å². The lowest BCUT2D eigenvalue weighted by Gasteiger charge is -2.42. The molecule has 1 aliphatic carbocycles. The van der Waals surface area contributed by atoms with Crippen LogP contribution in [0, 0.1) is 11.8 Å². The highest BCUT2D eigenvalue weighted by Gasteiger charge is 2.48. The minimum Gasteiger partial charge on any atom is -0.378 e. The summed E-state index contributed by atoms with van der Waals surface area (Å²) in [6.45, 7) is 0.740. The van der Waals surface area contributed by atoms with Gasteiger partial charge in [0.25, 0.3) is 0 Å². The van der Waals surface area contributed by atoms with Gasteiger partial charge in [0.2, 0.25) is 11.8 Å². The number of rotatable bonds is 5. The molecule has 190 valence electrons. The Kier molecular flexibility index (Phi) is 6.51. The standard InChI is InChI=1S/C30H33N5O2/c36-27(15-14-21-18-31-19-32-21)33-26-13-7-5-11-23(26)30(37)35-17-16-24-28(20-8-2-1-3-9-20)34-25-12-6-4-10-22(25)29(24)35/h1-4,6,8-10,12,14-15,18-19,23-24,26,28-29,34H,5,7,11,13,16-17H2,(H,31,32)(H,33,36)/b15-14+/t23-,24+,26+,28-,29-/m0/s1. The molecule has 0 spiro atoms. The highest BCUT2D eigenvalue weighted by molar-refractivity contribution is 5.92. The van der Waals surface area contributed by atoms with Crippen molar-refractivity contribution in [2.75, 3.05) is 11.9 Å². The van der Waals surface area contributed by atoms with Gasteiger partial charge in [-0.3, -0.25) is 9.59 Å². The third kappa shape index (κ3) is 4.66. The third-order valence-electron chi connectivity index (χ3n) is 8.24. The lowest BCUT2D eigenvalue weighted by molar-refractivity contribution is -0.139. The van der Waals surface area contributed by atoms with E-state index in [9.17, 15) is 9.59 Å². The van der Waals surface area contributed by atoms with Gasteiger partial charge in [0.05, 0.1) is 30.0 Å². The Morgan fingerprint density at radius 2 is 1.81 bits per heavy atom. The van der Waals surface area contributed by atoms with Crippen molar-refractivity contribution in [2.45, 2.75) is 50.2 Å². The van der Waals surface area contributed by atoms with Gasteiger partial charge in [-0.2, -0.15) is 0 Å². The van der Waals surface area contributed by atoms with Crippen molar-refractivity contribution in [2.24, 2.45) is 11.8 Å². The number of nitrogens with one attached hydrogen (secondary N) is 3. The summed E-state index contributed by atoms with van der Waals surface area (Å²) in [5.41, 5.74) is 4.26. The molecule has 0 radical (unpaired) electrons. The number of carbonyl (C=O) groups excluding carboxylic acids is 2. The number of aromatic nitrogens is 2. The van der Waals surface area contributed by atoms with Crippen molar-refractivity contribution in [1.82, 2.24) is 20.2 Å². The predicted octanol–water partition coefficient (Wildman–Crippen LogP) is 4.85. The Morgan fingerprint density at radius 1 is 1.00 bits per heavy atom. The number of imidazole rings is 1. The number of nitrogens with zero attached hydrogens (tertiary/aromatic N) is 2. The van der Waals surface area contributed by atoms with Gasteiger partial charge in [-0.15, -0.1) is 0 Å². The second-order valence-electron chi connectivity index (χ2n) is 10.4. The Labute approximate surface area is 217 Å². The third-order valence-corrected chi connectivity index (χ3v) is 8.24. The molecule has 2 amide bonds. The second-order valence-corrected chi connectivity index (χ2v) is 10.4. The van der Waals surface area contributed by atoms with Gasteiger partial charge in [-0.1, -0.05) is 61.4 Å². The summed E-state index contributed by atoms with van der Waals surface area (Å²) in [6, 6.07) is 19.0. The molecule has 1 saturated carbocycles. The summed E-state index contributed by atoms with van der Waals surface area (Å²) in [7, 11) is 0. The van der Waals surface area contributed by atoms with E-state index in [1.807, 2.05) is 6.07 Å². The molecule has 1 aromatic heterocycles. The summed E-state index contributed by atoms with van der Waals surface area (Å²) in [4.78, 5) is 36.0. The molecular weight excluding hydrogens is 462 g/mol. The molecule has 7 heteroatoms. The van der Waals surface area contributed by atoms with Crippen molar-refractivity contribution in [1.29, 1.82) is 0 Å². The molecule has 2 aromatic carbocycles. The lowest BCUT2D eigenvalue weighted by atomic mass is 9.79. The van der Waals surface area contributed by atoms with E-state index in [1.165, 1.54) is 17.2 Å². The van der Waals surface area contributed by atoms with Crippen molar-refractivity contribution in [3.05, 3.63) is 90.0 Å². The van der Waals surface area contributed by atoms with Crippen molar-refractivity contribution in [3.8, 4) is 0 Å². The van der Waals surface area contributed by atoms with Gasteiger partial charge >= 0.3 is 0 Å². The molecule has 2 fully saturated rings. The van der Waals surface area contributed by atoms with E-state index in [1.54, 1.807) is 18.6 Å². The molecule has 3 aromatic rings. The molecule has 3 heterocycles. The maximum atomic E-state index is 14.2. The fraction of sp³-hybridized carbons (Fsp3) is 0.367. The molecular formula is C30H33N5O2. The average Bonchev–Trinajstić information content (AvgIpc) is 3.63. The molecule has 1 saturated heterocycles. The molecule has 3 aliphatic rings. The van der Waals surface area contributed by atoms with Crippen LogP contribution in [-0.2, 0) is 9.59 Å². The molecule has 0 unspecified atom stereocenters. The number of H-pyrrole nitrogens is 1. The van der Waals surface area contributed by atoms with Gasteiger partial charge < -0.3 is 20.5 Å². The van der Waals surface area contributed by atoms with Crippen LogP contribution in [0.3, 0.4) is 0 Å². The highest BCUT2D eigenvalue weighted by Crippen LogP contribution is 2.51. The topological polar surface area (TPSA) is 90.1 Å². The number of anilines is 1. The smallest absolute Gasteiger partial charge is 0.244 e. The Morgan fingerprint density at radius 3 is 2.65 bits per heavy atom. The fourth-order valence-electron chi connectivity index (χ4n) is 6.53. The van der Waals surface area contributed by atoms with Gasteiger partial charge in [-0.05, 0) is 42.5 Å². The highest BCUT2D eigenvalue weighted by atomic mass is 16.2. The van der Waals surface area contributed by atoms with Crippen LogP contribution in [0.4, 0.5) is 5.69 Å². The minimum absolute atomic E-state index is 0.0352. The van der Waals surface area contributed by atoms with Gasteiger partial charge in [0.15, 0.2) is 0 Å².